The first-order valence-corrected chi connectivity index (χ1v) is 9.20. The van der Waals surface area contributed by atoms with Crippen LogP contribution in [-0.2, 0) is 11.3 Å². The van der Waals surface area contributed by atoms with Crippen LogP contribution in [0.15, 0.2) is 63.4 Å². The van der Waals surface area contributed by atoms with Crippen molar-refractivity contribution in [2.24, 2.45) is 0 Å². The monoisotopic (exact) mass is 488 g/mol. The third-order valence-electron chi connectivity index (χ3n) is 3.70. The molecule has 0 bridgehead atoms. The molecular weight excluding hydrogens is 471 g/mol. The quantitative estimate of drug-likeness (QED) is 0.486. The van der Waals surface area contributed by atoms with Gasteiger partial charge in [0.05, 0.1) is 12.2 Å². The van der Waals surface area contributed by atoms with Crippen molar-refractivity contribution in [3.63, 3.8) is 0 Å². The van der Waals surface area contributed by atoms with Gasteiger partial charge >= 0.3 is 0 Å². The summed E-state index contributed by atoms with van der Waals surface area (Å²) in [5.74, 6) is 1.51. The maximum Gasteiger partial charge on any atom is 0.145 e. The molecule has 4 nitrogen and oxygen atoms in total. The Morgan fingerprint density at radius 2 is 1.84 bits per heavy atom. The highest BCUT2D eigenvalue weighted by Crippen LogP contribution is 2.33. The van der Waals surface area contributed by atoms with Gasteiger partial charge in [0.1, 0.15) is 24.4 Å². The van der Waals surface area contributed by atoms with E-state index in [1.165, 1.54) is 5.56 Å². The first-order valence-electron chi connectivity index (χ1n) is 7.61. The van der Waals surface area contributed by atoms with E-state index in [1.54, 1.807) is 6.26 Å². The van der Waals surface area contributed by atoms with Gasteiger partial charge in [-0.2, -0.15) is 0 Å². The number of anilines is 1. The first kappa shape index (κ1) is 20.1. The van der Waals surface area contributed by atoms with E-state index in [-0.39, 0.29) is 12.4 Å². The third kappa shape index (κ3) is 5.64. The Kier molecular flexibility index (Phi) is 7.62. The number of morpholine rings is 1. The Bertz CT molecular complexity index is 718. The molecule has 1 heterocycles. The summed E-state index contributed by atoms with van der Waals surface area (Å²) in [5, 5.41) is 0. The fourth-order valence-corrected chi connectivity index (χ4v) is 3.61. The molecule has 2 aromatic rings. The number of benzene rings is 2. The number of hydrogen-bond donors (Lipinski definition) is 1. The summed E-state index contributed by atoms with van der Waals surface area (Å²) in [6, 6.07) is 14.1. The van der Waals surface area contributed by atoms with Gasteiger partial charge in [-0.15, -0.1) is 12.4 Å². The molecule has 0 radical (unpaired) electrons. The van der Waals surface area contributed by atoms with E-state index in [0.29, 0.717) is 18.0 Å². The lowest BCUT2D eigenvalue weighted by Crippen LogP contribution is -2.34. The highest BCUT2D eigenvalue weighted by atomic mass is 79.9. The van der Waals surface area contributed by atoms with Crippen LogP contribution in [0.2, 0.25) is 0 Å². The average molecular weight is 491 g/mol. The lowest BCUT2D eigenvalue weighted by Gasteiger charge is -2.28. The van der Waals surface area contributed by atoms with Crippen LogP contribution in [0.4, 0.5) is 5.69 Å². The van der Waals surface area contributed by atoms with Crippen LogP contribution >= 0.6 is 44.3 Å². The topological polar surface area (TPSA) is 47.7 Å². The maximum atomic E-state index is 5.89. The zero-order valence-electron chi connectivity index (χ0n) is 13.5. The number of ether oxygens (including phenoxy) is 2. The Hall–Kier alpha value is -1.21. The number of nitrogens with two attached hydrogens (primary N) is 1. The second-order valence-corrected chi connectivity index (χ2v) is 7.26. The molecule has 0 unspecified atom stereocenters. The van der Waals surface area contributed by atoms with Gasteiger partial charge in [-0.3, -0.25) is 4.90 Å². The molecule has 0 amide bonds. The van der Waals surface area contributed by atoms with E-state index >= 15 is 0 Å². The second-order valence-electron chi connectivity index (χ2n) is 5.55. The fourth-order valence-electron chi connectivity index (χ4n) is 2.46. The minimum absolute atomic E-state index is 0. The molecule has 1 aliphatic rings. The van der Waals surface area contributed by atoms with Crippen molar-refractivity contribution in [3.05, 3.63) is 69.0 Å². The lowest BCUT2D eigenvalue weighted by atomic mass is 10.2. The van der Waals surface area contributed by atoms with Crippen LogP contribution in [0.5, 0.6) is 5.75 Å². The van der Waals surface area contributed by atoms with Gasteiger partial charge in [-0.1, -0.05) is 30.3 Å². The predicted octanol–water partition coefficient (Wildman–Crippen LogP) is 4.97. The van der Waals surface area contributed by atoms with Crippen LogP contribution in [0.25, 0.3) is 0 Å². The Labute approximate surface area is 170 Å². The molecule has 1 saturated heterocycles. The van der Waals surface area contributed by atoms with Crippen LogP contribution in [0.1, 0.15) is 5.56 Å². The number of nitrogen functional groups attached to an aromatic ring is 1. The summed E-state index contributed by atoms with van der Waals surface area (Å²) >= 11 is 6.83. The summed E-state index contributed by atoms with van der Waals surface area (Å²) in [6.45, 7) is 3.20. The SMILES string of the molecule is Cl.Nc1c(Br)cc(OC=C2CN(Cc3ccccc3)CCO2)cc1Br. The third-order valence-corrected chi connectivity index (χ3v) is 5.01. The van der Waals surface area contributed by atoms with E-state index < -0.39 is 0 Å². The highest BCUT2D eigenvalue weighted by Gasteiger charge is 2.16. The molecule has 134 valence electrons. The zero-order chi connectivity index (χ0) is 16.9. The van der Waals surface area contributed by atoms with Gasteiger partial charge < -0.3 is 15.2 Å². The highest BCUT2D eigenvalue weighted by molar-refractivity contribution is 9.11. The van der Waals surface area contributed by atoms with Gasteiger partial charge in [-0.05, 0) is 49.6 Å². The summed E-state index contributed by atoms with van der Waals surface area (Å²) in [4.78, 5) is 2.34. The van der Waals surface area contributed by atoms with Crippen molar-refractivity contribution in [2.45, 2.75) is 6.54 Å². The van der Waals surface area contributed by atoms with E-state index in [1.807, 2.05) is 18.2 Å². The van der Waals surface area contributed by atoms with Gasteiger partial charge in [-0.25, -0.2) is 0 Å². The first-order chi connectivity index (χ1) is 11.6. The molecule has 0 atom stereocenters. The number of rotatable bonds is 4. The van der Waals surface area contributed by atoms with Crippen molar-refractivity contribution < 1.29 is 9.47 Å². The van der Waals surface area contributed by atoms with Crippen LogP contribution in [0, 0.1) is 0 Å². The Morgan fingerprint density at radius 3 is 2.52 bits per heavy atom. The zero-order valence-corrected chi connectivity index (χ0v) is 17.4. The van der Waals surface area contributed by atoms with E-state index in [4.69, 9.17) is 15.2 Å². The smallest absolute Gasteiger partial charge is 0.145 e. The molecule has 7 heteroatoms. The molecule has 2 N–H and O–H groups in total. The molecular formula is C18H19Br2ClN2O2. The standard InChI is InChI=1S/C18H18Br2N2O2.ClH/c19-16-8-14(9-17(20)18(16)21)24-12-15-11-22(6-7-23-15)10-13-4-2-1-3-5-13;/h1-5,8-9,12H,6-7,10-11,21H2;1H. The molecule has 3 rings (SSSR count). The summed E-state index contributed by atoms with van der Waals surface area (Å²) in [5.41, 5.74) is 7.83. The van der Waals surface area contributed by atoms with Crippen LogP contribution < -0.4 is 10.5 Å². The van der Waals surface area contributed by atoms with Gasteiger partial charge in [0, 0.05) is 22.0 Å². The molecule has 0 aromatic heterocycles. The Balaban J connectivity index is 0.00000225. The Morgan fingerprint density at radius 1 is 1.16 bits per heavy atom. The van der Waals surface area contributed by atoms with Gasteiger partial charge in [0.15, 0.2) is 0 Å². The summed E-state index contributed by atoms with van der Waals surface area (Å²) in [7, 11) is 0. The van der Waals surface area contributed by atoms with Gasteiger partial charge in [0.25, 0.3) is 0 Å². The van der Waals surface area contributed by atoms with Crippen molar-refractivity contribution >= 4 is 50.0 Å². The second kappa shape index (κ2) is 9.48. The molecule has 1 fully saturated rings. The fraction of sp³-hybridized carbons (Fsp3) is 0.222. The van der Waals surface area contributed by atoms with Crippen molar-refractivity contribution in [3.8, 4) is 5.75 Å². The molecule has 25 heavy (non-hydrogen) atoms. The molecule has 0 spiro atoms. The molecule has 2 aromatic carbocycles. The number of hydrogen-bond acceptors (Lipinski definition) is 4. The molecule has 1 aliphatic heterocycles. The minimum atomic E-state index is 0. The summed E-state index contributed by atoms with van der Waals surface area (Å²) in [6.07, 6.45) is 1.67. The summed E-state index contributed by atoms with van der Waals surface area (Å²) < 4.78 is 13.0. The van der Waals surface area contributed by atoms with Crippen LogP contribution in [-0.4, -0.2) is 24.6 Å². The van der Waals surface area contributed by atoms with Crippen LogP contribution in [0.3, 0.4) is 0 Å². The largest absolute Gasteiger partial charge is 0.492 e. The van der Waals surface area contributed by atoms with Crippen molar-refractivity contribution in [2.75, 3.05) is 25.4 Å². The predicted molar refractivity (Wildman–Crippen MR) is 110 cm³/mol. The van der Waals surface area contributed by atoms with E-state index in [9.17, 15) is 0 Å². The number of halogens is 3. The molecule has 0 aliphatic carbocycles. The van der Waals surface area contributed by atoms with Gasteiger partial charge in [0.2, 0.25) is 0 Å². The average Bonchev–Trinajstić information content (AvgIpc) is 2.59. The van der Waals surface area contributed by atoms with Crippen molar-refractivity contribution in [1.82, 2.24) is 4.90 Å². The normalized spacial score (nSPS) is 16.2. The number of nitrogens with zero attached hydrogens (tertiary/aromatic N) is 1. The molecule has 0 saturated carbocycles. The maximum absolute atomic E-state index is 5.89. The van der Waals surface area contributed by atoms with E-state index in [0.717, 1.165) is 34.3 Å². The lowest BCUT2D eigenvalue weighted by molar-refractivity contribution is 0.0843. The van der Waals surface area contributed by atoms with Crippen molar-refractivity contribution in [1.29, 1.82) is 0 Å². The van der Waals surface area contributed by atoms with E-state index in [2.05, 4.69) is 61.0 Å². The minimum Gasteiger partial charge on any atom is -0.492 e.